The Balaban J connectivity index is 1.95. The molecule has 0 aliphatic carbocycles. The third-order valence-corrected chi connectivity index (χ3v) is 3.40. The number of aryl methyl sites for hydroxylation is 1. The molecule has 5 heteroatoms. The topological polar surface area (TPSA) is 71.5 Å². The summed E-state index contributed by atoms with van der Waals surface area (Å²) in [7, 11) is 1.89. The maximum absolute atomic E-state index is 12.2. The number of nitrogens with one attached hydrogen (secondary N) is 1. The minimum absolute atomic E-state index is 0.0774. The predicted octanol–water partition coefficient (Wildman–Crippen LogP) is 2.63. The first-order valence-electron chi connectivity index (χ1n) is 6.87. The van der Waals surface area contributed by atoms with E-state index in [1.807, 2.05) is 50.1 Å². The van der Waals surface area contributed by atoms with Crippen LogP contribution in [0.1, 0.15) is 18.4 Å². The highest BCUT2D eigenvalue weighted by Crippen LogP contribution is 2.14. The van der Waals surface area contributed by atoms with Crippen molar-refractivity contribution in [1.82, 2.24) is 4.90 Å². The second-order valence-corrected chi connectivity index (χ2v) is 5.22. The number of likely N-dealkylation sites (N-methyl/N-ethyl adjacent to an activating group) is 1. The van der Waals surface area contributed by atoms with Crippen molar-refractivity contribution < 1.29 is 9.21 Å². The van der Waals surface area contributed by atoms with Crippen LogP contribution in [-0.2, 0) is 11.3 Å². The Morgan fingerprint density at radius 2 is 2.14 bits per heavy atom. The number of amides is 1. The monoisotopic (exact) mass is 287 g/mol. The molecule has 1 atom stereocenters. The molecule has 1 aromatic heterocycles. The van der Waals surface area contributed by atoms with Crippen LogP contribution < -0.4 is 11.1 Å². The van der Waals surface area contributed by atoms with Gasteiger partial charge in [0.1, 0.15) is 11.5 Å². The lowest BCUT2D eigenvalue weighted by Crippen LogP contribution is -2.39. The number of carbonyl (C=O) groups excluding carboxylic acids is 1. The van der Waals surface area contributed by atoms with Crippen molar-refractivity contribution >= 4 is 17.3 Å². The lowest BCUT2D eigenvalue weighted by atomic mass is 10.2. The molecular weight excluding hydrogens is 266 g/mol. The van der Waals surface area contributed by atoms with Gasteiger partial charge in [-0.3, -0.25) is 9.69 Å². The summed E-state index contributed by atoms with van der Waals surface area (Å²) < 4.78 is 5.53. The van der Waals surface area contributed by atoms with Crippen molar-refractivity contribution in [2.75, 3.05) is 18.1 Å². The number of anilines is 2. The van der Waals surface area contributed by atoms with Gasteiger partial charge in [-0.2, -0.15) is 0 Å². The van der Waals surface area contributed by atoms with Gasteiger partial charge in [0.05, 0.1) is 12.6 Å². The average molecular weight is 287 g/mol. The van der Waals surface area contributed by atoms with Crippen molar-refractivity contribution in [3.05, 3.63) is 47.9 Å². The second-order valence-electron chi connectivity index (χ2n) is 5.22. The zero-order valence-electron chi connectivity index (χ0n) is 12.6. The molecule has 0 spiro atoms. The fourth-order valence-electron chi connectivity index (χ4n) is 2.02. The van der Waals surface area contributed by atoms with Gasteiger partial charge in [-0.1, -0.05) is 6.07 Å². The van der Waals surface area contributed by atoms with Gasteiger partial charge >= 0.3 is 0 Å². The molecule has 2 rings (SSSR count). The molecule has 3 N–H and O–H groups in total. The van der Waals surface area contributed by atoms with Crippen LogP contribution in [-0.4, -0.2) is 23.9 Å². The Bertz CT molecular complexity index is 621. The van der Waals surface area contributed by atoms with Gasteiger partial charge in [0.25, 0.3) is 0 Å². The molecule has 0 bridgehead atoms. The molecule has 1 heterocycles. The molecule has 21 heavy (non-hydrogen) atoms. The van der Waals surface area contributed by atoms with Crippen LogP contribution in [0.3, 0.4) is 0 Å². The van der Waals surface area contributed by atoms with E-state index in [9.17, 15) is 4.79 Å². The molecule has 0 aliphatic rings. The quantitative estimate of drug-likeness (QED) is 0.829. The van der Waals surface area contributed by atoms with Gasteiger partial charge in [0, 0.05) is 11.4 Å². The maximum atomic E-state index is 12.2. The highest BCUT2D eigenvalue weighted by Gasteiger charge is 2.19. The first-order valence-corrected chi connectivity index (χ1v) is 6.87. The summed E-state index contributed by atoms with van der Waals surface area (Å²) in [6.45, 7) is 4.34. The van der Waals surface area contributed by atoms with Crippen LogP contribution in [0.4, 0.5) is 11.4 Å². The molecule has 0 radical (unpaired) electrons. The first kappa shape index (κ1) is 15.1. The molecule has 0 saturated carbocycles. The summed E-state index contributed by atoms with van der Waals surface area (Å²) in [5.74, 6) is 1.64. The van der Waals surface area contributed by atoms with Crippen molar-refractivity contribution in [2.24, 2.45) is 0 Å². The Hall–Kier alpha value is -2.27. The minimum atomic E-state index is -0.281. The van der Waals surface area contributed by atoms with Crippen LogP contribution >= 0.6 is 0 Å². The number of nitrogens with zero attached hydrogens (tertiary/aromatic N) is 1. The van der Waals surface area contributed by atoms with Crippen molar-refractivity contribution in [1.29, 1.82) is 0 Å². The van der Waals surface area contributed by atoms with E-state index in [4.69, 9.17) is 10.2 Å². The third-order valence-electron chi connectivity index (χ3n) is 3.40. The number of rotatable bonds is 5. The minimum Gasteiger partial charge on any atom is -0.465 e. The Labute approximate surface area is 124 Å². The summed E-state index contributed by atoms with van der Waals surface area (Å²) in [6, 6.07) is 10.7. The molecule has 1 unspecified atom stereocenters. The standard InChI is InChI=1S/C16H21N3O2/c1-11-7-8-15(21-11)10-19(3)12(2)16(20)18-14-6-4-5-13(17)9-14/h4-9,12H,10,17H2,1-3H3,(H,18,20). The molecule has 2 aromatic rings. The van der Waals surface area contributed by atoms with Crippen LogP contribution in [0.2, 0.25) is 0 Å². The van der Waals surface area contributed by atoms with Crippen LogP contribution in [0, 0.1) is 6.92 Å². The highest BCUT2D eigenvalue weighted by atomic mass is 16.3. The molecule has 0 aliphatic heterocycles. The first-order chi connectivity index (χ1) is 9.95. The van der Waals surface area contributed by atoms with E-state index in [1.165, 1.54) is 0 Å². The zero-order chi connectivity index (χ0) is 15.4. The zero-order valence-corrected chi connectivity index (χ0v) is 12.6. The largest absolute Gasteiger partial charge is 0.465 e. The number of benzene rings is 1. The number of hydrogen-bond donors (Lipinski definition) is 2. The smallest absolute Gasteiger partial charge is 0.241 e. The van der Waals surface area contributed by atoms with Gasteiger partial charge in [0.2, 0.25) is 5.91 Å². The number of nitrogen functional groups attached to an aromatic ring is 1. The van der Waals surface area contributed by atoms with Crippen molar-refractivity contribution in [2.45, 2.75) is 26.4 Å². The molecule has 0 fully saturated rings. The molecule has 0 saturated heterocycles. The van der Waals surface area contributed by atoms with Crippen LogP contribution in [0.25, 0.3) is 0 Å². The molecular formula is C16H21N3O2. The van der Waals surface area contributed by atoms with Crippen LogP contribution in [0.5, 0.6) is 0 Å². The fourth-order valence-corrected chi connectivity index (χ4v) is 2.02. The Morgan fingerprint density at radius 1 is 1.38 bits per heavy atom. The lowest BCUT2D eigenvalue weighted by Gasteiger charge is -2.22. The molecule has 1 aromatic carbocycles. The third kappa shape index (κ3) is 4.10. The summed E-state index contributed by atoms with van der Waals surface area (Å²) in [5.41, 5.74) is 7.03. The lowest BCUT2D eigenvalue weighted by molar-refractivity contribution is -0.120. The SMILES string of the molecule is Cc1ccc(CN(C)C(C)C(=O)Nc2cccc(N)c2)o1. The summed E-state index contributed by atoms with van der Waals surface area (Å²) in [5, 5.41) is 2.86. The molecule has 5 nitrogen and oxygen atoms in total. The number of nitrogens with two attached hydrogens (primary N) is 1. The van der Waals surface area contributed by atoms with Gasteiger partial charge in [0.15, 0.2) is 0 Å². The second kappa shape index (κ2) is 6.45. The van der Waals surface area contributed by atoms with E-state index in [0.717, 1.165) is 11.5 Å². The maximum Gasteiger partial charge on any atom is 0.241 e. The van der Waals surface area contributed by atoms with Gasteiger partial charge in [-0.05, 0) is 51.2 Å². The van der Waals surface area contributed by atoms with E-state index in [1.54, 1.807) is 12.1 Å². The number of carbonyl (C=O) groups is 1. The van der Waals surface area contributed by atoms with Crippen LogP contribution in [0.15, 0.2) is 40.8 Å². The summed E-state index contributed by atoms with van der Waals surface area (Å²) >= 11 is 0. The van der Waals surface area contributed by atoms with Crippen molar-refractivity contribution in [3.63, 3.8) is 0 Å². The Morgan fingerprint density at radius 3 is 2.76 bits per heavy atom. The fraction of sp³-hybridized carbons (Fsp3) is 0.312. The average Bonchev–Trinajstić information content (AvgIpc) is 2.83. The van der Waals surface area contributed by atoms with E-state index < -0.39 is 0 Å². The molecule has 1 amide bonds. The summed E-state index contributed by atoms with van der Waals surface area (Å²) in [6.07, 6.45) is 0. The van der Waals surface area contributed by atoms with Gasteiger partial charge in [-0.15, -0.1) is 0 Å². The molecule has 112 valence electrons. The highest BCUT2D eigenvalue weighted by molar-refractivity contribution is 5.94. The van der Waals surface area contributed by atoms with E-state index in [0.29, 0.717) is 17.9 Å². The van der Waals surface area contributed by atoms with Gasteiger partial charge < -0.3 is 15.5 Å². The van der Waals surface area contributed by atoms with E-state index >= 15 is 0 Å². The van der Waals surface area contributed by atoms with Crippen molar-refractivity contribution in [3.8, 4) is 0 Å². The summed E-state index contributed by atoms with van der Waals surface area (Å²) in [4.78, 5) is 14.2. The van der Waals surface area contributed by atoms with Gasteiger partial charge in [-0.25, -0.2) is 0 Å². The number of furan rings is 1. The van der Waals surface area contributed by atoms with E-state index in [-0.39, 0.29) is 11.9 Å². The normalized spacial score (nSPS) is 12.4. The Kier molecular flexibility index (Phi) is 4.65. The van der Waals surface area contributed by atoms with E-state index in [2.05, 4.69) is 5.32 Å². The predicted molar refractivity (Wildman–Crippen MR) is 83.9 cm³/mol. The number of hydrogen-bond acceptors (Lipinski definition) is 4.